The lowest BCUT2D eigenvalue weighted by atomic mass is 9.80. The zero-order valence-electron chi connectivity index (χ0n) is 21.2. The number of urea groups is 1. The highest BCUT2D eigenvalue weighted by molar-refractivity contribution is 6.74. The SMILES string of the molecule is CC(=O)[C@](NC(=O)N(C)C)([C@H](C)O[Si](C)(C)C(C)(C)C)[C@@H](C=Cc1ccccc1)NC(=O)O. The van der Waals surface area contributed by atoms with Crippen LogP contribution in [0.1, 0.15) is 40.2 Å². The number of benzene rings is 1. The Kier molecular flexibility index (Phi) is 9.44. The van der Waals surface area contributed by atoms with Crippen molar-refractivity contribution in [2.75, 3.05) is 14.1 Å². The summed E-state index contributed by atoms with van der Waals surface area (Å²) in [6.45, 7) is 13.4. The predicted molar refractivity (Wildman–Crippen MR) is 134 cm³/mol. The van der Waals surface area contributed by atoms with E-state index in [1.165, 1.54) is 11.8 Å². The lowest BCUT2D eigenvalue weighted by Gasteiger charge is -2.47. The van der Waals surface area contributed by atoms with Gasteiger partial charge < -0.3 is 25.1 Å². The van der Waals surface area contributed by atoms with Crippen molar-refractivity contribution < 1.29 is 23.9 Å². The van der Waals surface area contributed by atoms with Gasteiger partial charge in [0.05, 0.1) is 12.1 Å². The molecule has 9 heteroatoms. The minimum Gasteiger partial charge on any atom is -0.465 e. The molecular weight excluding hydrogens is 438 g/mol. The molecule has 0 unspecified atom stereocenters. The topological polar surface area (TPSA) is 108 Å². The van der Waals surface area contributed by atoms with Crippen LogP contribution in [-0.4, -0.2) is 68.0 Å². The first-order valence-corrected chi connectivity index (χ1v) is 13.9. The maximum atomic E-state index is 13.3. The fourth-order valence-electron chi connectivity index (χ4n) is 3.24. The number of hydrogen-bond acceptors (Lipinski definition) is 4. The Bertz CT molecular complexity index is 865. The van der Waals surface area contributed by atoms with E-state index in [9.17, 15) is 19.5 Å². The molecule has 3 atom stereocenters. The second-order valence-corrected chi connectivity index (χ2v) is 14.7. The summed E-state index contributed by atoms with van der Waals surface area (Å²) in [5.74, 6) is -0.416. The first-order valence-electron chi connectivity index (χ1n) is 11.0. The Morgan fingerprint density at radius 2 is 1.67 bits per heavy atom. The van der Waals surface area contributed by atoms with E-state index in [2.05, 4.69) is 31.4 Å². The van der Waals surface area contributed by atoms with Crippen molar-refractivity contribution in [3.8, 4) is 0 Å². The smallest absolute Gasteiger partial charge is 0.405 e. The van der Waals surface area contributed by atoms with Crippen molar-refractivity contribution in [1.82, 2.24) is 15.5 Å². The lowest BCUT2D eigenvalue weighted by Crippen LogP contribution is -2.73. The van der Waals surface area contributed by atoms with Gasteiger partial charge in [-0.15, -0.1) is 0 Å². The molecular formula is C24H39N3O5Si. The number of rotatable bonds is 9. The van der Waals surface area contributed by atoms with Gasteiger partial charge in [-0.05, 0) is 37.5 Å². The van der Waals surface area contributed by atoms with Crippen LogP contribution in [0.5, 0.6) is 0 Å². The number of hydrogen-bond donors (Lipinski definition) is 3. The molecule has 0 fully saturated rings. The largest absolute Gasteiger partial charge is 0.465 e. The Labute approximate surface area is 198 Å². The third-order valence-corrected chi connectivity index (χ3v) is 10.8. The number of nitrogens with zero attached hydrogens (tertiary/aromatic N) is 1. The lowest BCUT2D eigenvalue weighted by molar-refractivity contribution is -0.127. The summed E-state index contributed by atoms with van der Waals surface area (Å²) >= 11 is 0. The molecule has 1 aromatic rings. The van der Waals surface area contributed by atoms with Crippen LogP contribution >= 0.6 is 0 Å². The van der Waals surface area contributed by atoms with E-state index in [1.807, 2.05) is 43.4 Å². The van der Waals surface area contributed by atoms with Gasteiger partial charge in [0, 0.05) is 14.1 Å². The quantitative estimate of drug-likeness (QED) is 0.458. The van der Waals surface area contributed by atoms with E-state index in [4.69, 9.17) is 4.43 Å². The molecule has 0 bridgehead atoms. The molecule has 0 aliphatic heterocycles. The highest BCUT2D eigenvalue weighted by Gasteiger charge is 2.52. The van der Waals surface area contributed by atoms with E-state index >= 15 is 0 Å². The number of amides is 3. The van der Waals surface area contributed by atoms with Gasteiger partial charge in [0.25, 0.3) is 0 Å². The number of Topliss-reactive ketones (excluding diaryl/α,β-unsaturated/α-hetero) is 1. The minimum atomic E-state index is -2.39. The van der Waals surface area contributed by atoms with Gasteiger partial charge in [0.1, 0.15) is 5.54 Å². The second kappa shape index (κ2) is 11.0. The molecule has 0 aromatic heterocycles. The number of carbonyl (C=O) groups is 3. The van der Waals surface area contributed by atoms with E-state index in [0.29, 0.717) is 0 Å². The molecule has 3 N–H and O–H groups in total. The van der Waals surface area contributed by atoms with Crippen molar-refractivity contribution in [2.24, 2.45) is 0 Å². The van der Waals surface area contributed by atoms with E-state index in [-0.39, 0.29) is 5.04 Å². The van der Waals surface area contributed by atoms with Crippen molar-refractivity contribution in [3.05, 3.63) is 42.0 Å². The van der Waals surface area contributed by atoms with Crippen LogP contribution in [0.15, 0.2) is 36.4 Å². The summed E-state index contributed by atoms with van der Waals surface area (Å²) in [5, 5.41) is 14.7. The highest BCUT2D eigenvalue weighted by Crippen LogP contribution is 2.39. The van der Waals surface area contributed by atoms with Crippen LogP contribution in [0.25, 0.3) is 6.08 Å². The molecule has 0 radical (unpaired) electrons. The van der Waals surface area contributed by atoms with E-state index < -0.39 is 43.9 Å². The summed E-state index contributed by atoms with van der Waals surface area (Å²) in [7, 11) is 0.718. The number of ketones is 1. The maximum absolute atomic E-state index is 13.3. The number of carboxylic acid groups (broad SMARTS) is 1. The van der Waals surface area contributed by atoms with Crippen LogP contribution in [0.2, 0.25) is 18.1 Å². The van der Waals surface area contributed by atoms with Gasteiger partial charge in [-0.25, -0.2) is 9.59 Å². The van der Waals surface area contributed by atoms with Gasteiger partial charge in [-0.2, -0.15) is 0 Å². The Hall–Kier alpha value is -2.65. The number of nitrogens with one attached hydrogen (secondary N) is 2. The van der Waals surface area contributed by atoms with Gasteiger partial charge in [-0.1, -0.05) is 63.3 Å². The summed E-state index contributed by atoms with van der Waals surface area (Å²) < 4.78 is 6.54. The van der Waals surface area contributed by atoms with Gasteiger partial charge in [-0.3, -0.25) is 4.79 Å². The number of carbonyl (C=O) groups excluding carboxylic acids is 2. The van der Waals surface area contributed by atoms with Crippen LogP contribution in [-0.2, 0) is 9.22 Å². The van der Waals surface area contributed by atoms with Gasteiger partial charge >= 0.3 is 12.1 Å². The predicted octanol–water partition coefficient (Wildman–Crippen LogP) is 4.35. The fraction of sp³-hybridized carbons (Fsp3) is 0.542. The Morgan fingerprint density at radius 1 is 1.12 bits per heavy atom. The highest BCUT2D eigenvalue weighted by atomic mass is 28.4. The normalized spacial score (nSPS) is 15.9. The van der Waals surface area contributed by atoms with Crippen molar-refractivity contribution >= 4 is 32.3 Å². The molecule has 1 aromatic carbocycles. The average Bonchev–Trinajstić information content (AvgIpc) is 2.68. The monoisotopic (exact) mass is 477 g/mol. The third kappa shape index (κ3) is 7.16. The van der Waals surface area contributed by atoms with E-state index in [1.54, 1.807) is 33.2 Å². The minimum absolute atomic E-state index is 0.162. The molecule has 0 aliphatic rings. The molecule has 33 heavy (non-hydrogen) atoms. The summed E-state index contributed by atoms with van der Waals surface area (Å²) in [6, 6.07) is 7.69. The first-order chi connectivity index (χ1) is 15.0. The van der Waals surface area contributed by atoms with E-state index in [0.717, 1.165) is 5.56 Å². The zero-order valence-corrected chi connectivity index (χ0v) is 22.2. The van der Waals surface area contributed by atoms with Crippen LogP contribution in [0.4, 0.5) is 9.59 Å². The summed E-state index contributed by atoms with van der Waals surface area (Å²) in [6.07, 6.45) is 1.17. The summed E-state index contributed by atoms with van der Waals surface area (Å²) in [5.41, 5.74) is -0.857. The van der Waals surface area contributed by atoms with Crippen molar-refractivity contribution in [1.29, 1.82) is 0 Å². The van der Waals surface area contributed by atoms with Gasteiger partial charge in [0.2, 0.25) is 0 Å². The average molecular weight is 478 g/mol. The molecule has 0 spiro atoms. The second-order valence-electron chi connectivity index (χ2n) is 9.97. The molecule has 0 saturated heterocycles. The van der Waals surface area contributed by atoms with Crippen LogP contribution < -0.4 is 10.6 Å². The van der Waals surface area contributed by atoms with Crippen molar-refractivity contribution in [2.45, 2.75) is 70.4 Å². The molecule has 184 valence electrons. The summed E-state index contributed by atoms with van der Waals surface area (Å²) in [4.78, 5) is 39.2. The van der Waals surface area contributed by atoms with Gasteiger partial charge in [0.15, 0.2) is 14.1 Å². The van der Waals surface area contributed by atoms with Crippen LogP contribution in [0.3, 0.4) is 0 Å². The molecule has 0 heterocycles. The molecule has 0 saturated carbocycles. The molecule has 3 amide bonds. The standard InChI is InChI=1S/C24H39N3O5Si/c1-17(28)24(26-21(29)27(6)7,18(2)32-33(8,9)23(3,4)5)20(25-22(30)31)16-15-19-13-11-10-12-14-19/h10-16,18,20,25H,1-9H3,(H,26,29)(H,30,31)/t18-,20+,24-/m0/s1. The zero-order chi connectivity index (χ0) is 25.6. The van der Waals surface area contributed by atoms with Crippen molar-refractivity contribution in [3.63, 3.8) is 0 Å². The first kappa shape index (κ1) is 28.4. The molecule has 0 aliphatic carbocycles. The third-order valence-electron chi connectivity index (χ3n) is 6.27. The maximum Gasteiger partial charge on any atom is 0.405 e. The molecule has 1 rings (SSSR count). The molecule has 8 nitrogen and oxygen atoms in total. The Morgan fingerprint density at radius 3 is 2.09 bits per heavy atom. The Balaban J connectivity index is 3.67. The van der Waals surface area contributed by atoms with Crippen LogP contribution in [0, 0.1) is 0 Å². The fourth-order valence-corrected chi connectivity index (χ4v) is 4.67.